The van der Waals surface area contributed by atoms with Gasteiger partial charge in [-0.05, 0) is 19.4 Å². The molecular formula is C11H14F3N2O4-. The molecule has 0 aromatic rings. The van der Waals surface area contributed by atoms with Gasteiger partial charge in [0.15, 0.2) is 0 Å². The van der Waals surface area contributed by atoms with Crippen LogP contribution in [0, 0.1) is 0 Å². The van der Waals surface area contributed by atoms with E-state index in [1.54, 1.807) is 0 Å². The second-order valence-corrected chi connectivity index (χ2v) is 3.80. The predicted octanol–water partition coefficient (Wildman–Crippen LogP) is -0.661. The van der Waals surface area contributed by atoms with Gasteiger partial charge in [-0.2, -0.15) is 13.2 Å². The minimum absolute atomic E-state index is 0.197. The molecule has 0 saturated heterocycles. The number of hydrogen-bond donors (Lipinski definition) is 1. The molecule has 0 fully saturated rings. The van der Waals surface area contributed by atoms with Crippen LogP contribution in [0.15, 0.2) is 12.2 Å². The molecule has 0 aliphatic carbocycles. The Hall–Kier alpha value is -1.90. The van der Waals surface area contributed by atoms with Crippen molar-refractivity contribution in [2.75, 3.05) is 13.1 Å². The zero-order valence-electron chi connectivity index (χ0n) is 10.5. The second-order valence-electron chi connectivity index (χ2n) is 3.80. The van der Waals surface area contributed by atoms with E-state index in [2.05, 4.69) is 0 Å². The number of rotatable bonds is 5. The van der Waals surface area contributed by atoms with Crippen molar-refractivity contribution >= 4 is 17.8 Å². The third kappa shape index (κ3) is 6.88. The quantitative estimate of drug-likeness (QED) is 0.535. The minimum atomic E-state index is -5.19. The maximum Gasteiger partial charge on any atom is 0.430 e. The zero-order chi connectivity index (χ0) is 15.8. The Labute approximate surface area is 113 Å². The second kappa shape index (κ2) is 8.31. The van der Waals surface area contributed by atoms with Gasteiger partial charge in [-0.1, -0.05) is 6.42 Å². The molecule has 0 aromatic heterocycles. The highest BCUT2D eigenvalue weighted by Crippen LogP contribution is 2.11. The number of amides is 2. The number of alkyl halides is 3. The topological polar surface area (TPSA) is 104 Å². The fourth-order valence-corrected chi connectivity index (χ4v) is 1.24. The van der Waals surface area contributed by atoms with Crippen LogP contribution in [-0.2, 0) is 14.4 Å². The first-order valence-electron chi connectivity index (χ1n) is 5.72. The van der Waals surface area contributed by atoms with Crippen LogP contribution in [0.3, 0.4) is 0 Å². The number of carboxylic acids is 1. The first kappa shape index (κ1) is 18.1. The number of aliphatic carboxylic acids is 1. The summed E-state index contributed by atoms with van der Waals surface area (Å²) in [4.78, 5) is 32.1. The highest BCUT2D eigenvalue weighted by molar-refractivity contribution is 6.12. The van der Waals surface area contributed by atoms with Crippen LogP contribution in [-0.4, -0.2) is 41.9 Å². The van der Waals surface area contributed by atoms with E-state index in [0.717, 1.165) is 19.3 Å². The molecule has 1 aliphatic heterocycles. The summed E-state index contributed by atoms with van der Waals surface area (Å²) in [7, 11) is 0. The molecule has 1 heterocycles. The van der Waals surface area contributed by atoms with E-state index in [1.807, 2.05) is 0 Å². The molecule has 1 aliphatic rings. The Balaban J connectivity index is 0.000000441. The summed E-state index contributed by atoms with van der Waals surface area (Å²) in [6.07, 6.45) is 0.185. The zero-order valence-corrected chi connectivity index (χ0v) is 10.5. The summed E-state index contributed by atoms with van der Waals surface area (Å²) in [5.74, 6) is -3.40. The normalized spacial score (nSPS) is 14.3. The highest BCUT2D eigenvalue weighted by Gasteiger charge is 2.28. The van der Waals surface area contributed by atoms with Gasteiger partial charge in [-0.3, -0.25) is 14.5 Å². The summed E-state index contributed by atoms with van der Waals surface area (Å²) in [6, 6.07) is 0. The molecular weight excluding hydrogens is 281 g/mol. The molecule has 0 saturated carbocycles. The largest absolute Gasteiger partial charge is 0.542 e. The SMILES string of the molecule is NCCCCCN1C(=O)C=CC1=O.O=C([O-])C(F)(F)F. The van der Waals surface area contributed by atoms with Crippen molar-refractivity contribution in [3.8, 4) is 0 Å². The van der Waals surface area contributed by atoms with Crippen LogP contribution >= 0.6 is 0 Å². The number of carbonyl (C=O) groups excluding carboxylic acids is 3. The molecule has 2 N–H and O–H groups in total. The molecule has 9 heteroatoms. The first-order chi connectivity index (χ1) is 9.20. The summed E-state index contributed by atoms with van der Waals surface area (Å²) in [6.45, 7) is 1.19. The Bertz CT molecular complexity index is 376. The van der Waals surface area contributed by atoms with Crippen LogP contribution in [0.5, 0.6) is 0 Å². The van der Waals surface area contributed by atoms with E-state index in [-0.39, 0.29) is 11.8 Å². The van der Waals surface area contributed by atoms with E-state index in [0.29, 0.717) is 13.1 Å². The Morgan fingerprint density at radius 3 is 1.95 bits per heavy atom. The number of carboxylic acid groups (broad SMARTS) is 1. The van der Waals surface area contributed by atoms with Crippen molar-refractivity contribution in [2.45, 2.75) is 25.4 Å². The standard InChI is InChI=1S/C9H14N2O2.C2HF3O2/c10-6-2-1-3-7-11-8(12)4-5-9(11)13;3-2(4,5)1(6)7/h4-5H,1-3,6-7,10H2;(H,6,7)/p-1. The fraction of sp³-hybridized carbons (Fsp3) is 0.545. The number of nitrogens with zero attached hydrogens (tertiary/aromatic N) is 1. The highest BCUT2D eigenvalue weighted by atomic mass is 19.4. The monoisotopic (exact) mass is 295 g/mol. The van der Waals surface area contributed by atoms with Gasteiger partial charge >= 0.3 is 6.18 Å². The number of halogens is 3. The van der Waals surface area contributed by atoms with Crippen molar-refractivity contribution in [3.05, 3.63) is 12.2 Å². The molecule has 0 bridgehead atoms. The van der Waals surface area contributed by atoms with Crippen molar-refractivity contribution in [2.24, 2.45) is 5.73 Å². The van der Waals surface area contributed by atoms with Crippen LogP contribution in [0.1, 0.15) is 19.3 Å². The Morgan fingerprint density at radius 1 is 1.15 bits per heavy atom. The lowest BCUT2D eigenvalue weighted by Gasteiger charge is -2.12. The molecule has 0 atom stereocenters. The third-order valence-electron chi connectivity index (χ3n) is 2.22. The van der Waals surface area contributed by atoms with Gasteiger partial charge in [-0.15, -0.1) is 0 Å². The minimum Gasteiger partial charge on any atom is -0.542 e. The van der Waals surface area contributed by atoms with Crippen LogP contribution in [0.2, 0.25) is 0 Å². The van der Waals surface area contributed by atoms with Crippen molar-refractivity contribution in [3.63, 3.8) is 0 Å². The number of nitrogens with two attached hydrogens (primary N) is 1. The van der Waals surface area contributed by atoms with Crippen molar-refractivity contribution < 1.29 is 32.7 Å². The van der Waals surface area contributed by atoms with Crippen LogP contribution in [0.4, 0.5) is 13.2 Å². The average molecular weight is 295 g/mol. The predicted molar refractivity (Wildman–Crippen MR) is 59.8 cm³/mol. The maximum atomic E-state index is 11.0. The third-order valence-corrected chi connectivity index (χ3v) is 2.22. The van der Waals surface area contributed by atoms with Gasteiger partial charge in [0.25, 0.3) is 11.8 Å². The summed E-state index contributed by atoms with van der Waals surface area (Å²) in [5, 5.41) is 8.78. The molecule has 0 spiro atoms. The van der Waals surface area contributed by atoms with Crippen LogP contribution < -0.4 is 10.8 Å². The molecule has 6 nitrogen and oxygen atoms in total. The lowest BCUT2D eigenvalue weighted by atomic mass is 10.2. The molecule has 0 unspecified atom stereocenters. The lowest BCUT2D eigenvalue weighted by Crippen LogP contribution is -2.37. The van der Waals surface area contributed by atoms with E-state index >= 15 is 0 Å². The van der Waals surface area contributed by atoms with Gasteiger partial charge < -0.3 is 15.6 Å². The van der Waals surface area contributed by atoms with Crippen molar-refractivity contribution in [1.82, 2.24) is 4.90 Å². The number of imide groups is 1. The van der Waals surface area contributed by atoms with E-state index < -0.39 is 12.1 Å². The smallest absolute Gasteiger partial charge is 0.430 e. The van der Waals surface area contributed by atoms with E-state index in [9.17, 15) is 22.8 Å². The summed E-state index contributed by atoms with van der Waals surface area (Å²) < 4.78 is 31.5. The van der Waals surface area contributed by atoms with Gasteiger partial charge in [-0.25, -0.2) is 0 Å². The molecule has 1 rings (SSSR count). The molecule has 114 valence electrons. The lowest BCUT2D eigenvalue weighted by molar-refractivity contribution is -0.344. The van der Waals surface area contributed by atoms with Gasteiger partial charge in [0, 0.05) is 18.7 Å². The first-order valence-corrected chi connectivity index (χ1v) is 5.72. The summed E-state index contributed by atoms with van der Waals surface area (Å²) >= 11 is 0. The molecule has 0 radical (unpaired) electrons. The number of unbranched alkanes of at least 4 members (excludes halogenated alkanes) is 2. The van der Waals surface area contributed by atoms with E-state index in [4.69, 9.17) is 15.6 Å². The van der Waals surface area contributed by atoms with Crippen LogP contribution in [0.25, 0.3) is 0 Å². The Morgan fingerprint density at radius 2 is 1.60 bits per heavy atom. The maximum absolute atomic E-state index is 11.0. The number of hydrogen-bond acceptors (Lipinski definition) is 5. The molecule has 0 aromatic carbocycles. The van der Waals surface area contributed by atoms with Gasteiger partial charge in [0.2, 0.25) is 0 Å². The van der Waals surface area contributed by atoms with E-state index in [1.165, 1.54) is 17.1 Å². The summed E-state index contributed by atoms with van der Waals surface area (Å²) in [5.41, 5.74) is 5.32. The molecule has 20 heavy (non-hydrogen) atoms. The average Bonchev–Trinajstić information content (AvgIpc) is 2.65. The molecule has 2 amide bonds. The van der Waals surface area contributed by atoms with Gasteiger partial charge in [0.05, 0.1) is 0 Å². The Kier molecular flexibility index (Phi) is 7.52. The van der Waals surface area contributed by atoms with Gasteiger partial charge in [0.1, 0.15) is 5.97 Å². The van der Waals surface area contributed by atoms with Crippen molar-refractivity contribution in [1.29, 1.82) is 0 Å². The fourth-order valence-electron chi connectivity index (χ4n) is 1.24. The number of carbonyl (C=O) groups is 3.